The van der Waals surface area contributed by atoms with Crippen LogP contribution in [0.25, 0.3) is 0 Å². The standard InChI is InChI=1S/C28H20N2O8/c1-16(27(35)37-17-8-10-19(23(31)14-17)25(33)21-6-2-4-12-29-21)28(36)38-18-9-11-20(24(32)15-18)26(34)22-7-3-5-13-30-22/h2-16,31-32H,1H3. The summed E-state index contributed by atoms with van der Waals surface area (Å²) in [5.74, 6) is -5.45. The molecule has 0 unspecified atom stereocenters. The summed E-state index contributed by atoms with van der Waals surface area (Å²) in [4.78, 5) is 57.8. The van der Waals surface area contributed by atoms with E-state index in [1.807, 2.05) is 0 Å². The number of carbonyl (C=O) groups excluding carboxylic acids is 4. The van der Waals surface area contributed by atoms with Crippen molar-refractivity contribution in [2.75, 3.05) is 0 Å². The van der Waals surface area contributed by atoms with Crippen LogP contribution in [0.3, 0.4) is 0 Å². The van der Waals surface area contributed by atoms with Crippen LogP contribution in [-0.4, -0.2) is 43.7 Å². The summed E-state index contributed by atoms with van der Waals surface area (Å²) in [7, 11) is 0. The van der Waals surface area contributed by atoms with Crippen LogP contribution in [0.1, 0.15) is 39.0 Å². The van der Waals surface area contributed by atoms with Crippen LogP contribution in [0.15, 0.2) is 85.2 Å². The average molecular weight is 512 g/mol. The van der Waals surface area contributed by atoms with E-state index >= 15 is 0 Å². The predicted molar refractivity (Wildman–Crippen MR) is 132 cm³/mol. The third kappa shape index (κ3) is 5.71. The first-order valence-electron chi connectivity index (χ1n) is 11.3. The van der Waals surface area contributed by atoms with E-state index in [1.54, 1.807) is 24.3 Å². The molecule has 0 bridgehead atoms. The van der Waals surface area contributed by atoms with E-state index in [4.69, 9.17) is 9.47 Å². The molecule has 0 amide bonds. The SMILES string of the molecule is CC(C(=O)Oc1ccc(C(=O)c2ccccn2)c(O)c1)C(=O)Oc1ccc(C(=O)c2ccccn2)c(O)c1. The van der Waals surface area contributed by atoms with Crippen LogP contribution >= 0.6 is 0 Å². The fourth-order valence-electron chi connectivity index (χ4n) is 3.31. The second-order valence-corrected chi connectivity index (χ2v) is 8.01. The molecule has 2 aromatic carbocycles. The number of rotatable bonds is 8. The Kier molecular flexibility index (Phi) is 7.53. The molecule has 0 aliphatic heterocycles. The zero-order chi connectivity index (χ0) is 27.2. The Morgan fingerprint density at radius 1 is 0.658 bits per heavy atom. The Morgan fingerprint density at radius 3 is 1.42 bits per heavy atom. The highest BCUT2D eigenvalue weighted by Gasteiger charge is 2.27. The number of phenolic OH excluding ortho intramolecular Hbond substituents is 2. The molecule has 2 heterocycles. The van der Waals surface area contributed by atoms with Crippen molar-refractivity contribution in [1.82, 2.24) is 9.97 Å². The van der Waals surface area contributed by atoms with Gasteiger partial charge >= 0.3 is 11.9 Å². The predicted octanol–water partition coefficient (Wildman–Crippen LogP) is 3.50. The van der Waals surface area contributed by atoms with Crippen molar-refractivity contribution in [3.63, 3.8) is 0 Å². The van der Waals surface area contributed by atoms with Gasteiger partial charge in [-0.3, -0.25) is 29.1 Å². The number of ether oxygens (including phenoxy) is 2. The van der Waals surface area contributed by atoms with Gasteiger partial charge in [0, 0.05) is 24.5 Å². The molecule has 0 aliphatic carbocycles. The van der Waals surface area contributed by atoms with Gasteiger partial charge < -0.3 is 19.7 Å². The number of esters is 2. The van der Waals surface area contributed by atoms with Crippen molar-refractivity contribution in [3.8, 4) is 23.0 Å². The zero-order valence-corrected chi connectivity index (χ0v) is 19.9. The molecule has 0 spiro atoms. The van der Waals surface area contributed by atoms with E-state index in [1.165, 1.54) is 55.7 Å². The molecule has 10 heteroatoms. The molecular formula is C28H20N2O8. The number of hydrogen-bond donors (Lipinski definition) is 2. The first-order valence-corrected chi connectivity index (χ1v) is 11.3. The molecule has 0 radical (unpaired) electrons. The molecule has 190 valence electrons. The van der Waals surface area contributed by atoms with Gasteiger partial charge in [0.1, 0.15) is 34.4 Å². The second kappa shape index (κ2) is 11.1. The van der Waals surface area contributed by atoms with Gasteiger partial charge in [-0.15, -0.1) is 0 Å². The van der Waals surface area contributed by atoms with Crippen LogP contribution in [0, 0.1) is 5.92 Å². The van der Waals surface area contributed by atoms with Crippen molar-refractivity contribution >= 4 is 23.5 Å². The van der Waals surface area contributed by atoms with Gasteiger partial charge in [0.2, 0.25) is 11.6 Å². The molecule has 0 aliphatic rings. The summed E-state index contributed by atoms with van der Waals surface area (Å²) >= 11 is 0. The summed E-state index contributed by atoms with van der Waals surface area (Å²) in [6.07, 6.45) is 2.89. The third-order valence-electron chi connectivity index (χ3n) is 5.37. The second-order valence-electron chi connectivity index (χ2n) is 8.01. The van der Waals surface area contributed by atoms with Crippen LogP contribution in [-0.2, 0) is 9.59 Å². The van der Waals surface area contributed by atoms with Gasteiger partial charge in [0.05, 0.1) is 11.1 Å². The number of hydrogen-bond acceptors (Lipinski definition) is 10. The maximum Gasteiger partial charge on any atom is 0.325 e. The van der Waals surface area contributed by atoms with Gasteiger partial charge in [-0.05, 0) is 55.5 Å². The summed E-state index contributed by atoms with van der Waals surface area (Å²) < 4.78 is 10.3. The molecule has 0 saturated carbocycles. The smallest absolute Gasteiger partial charge is 0.325 e. The van der Waals surface area contributed by atoms with Crippen molar-refractivity contribution in [1.29, 1.82) is 0 Å². The highest BCUT2D eigenvalue weighted by atomic mass is 16.6. The van der Waals surface area contributed by atoms with Crippen LogP contribution in [0.2, 0.25) is 0 Å². The summed E-state index contributed by atoms with van der Waals surface area (Å²) in [5, 5.41) is 20.5. The van der Waals surface area contributed by atoms with Crippen LogP contribution in [0.4, 0.5) is 0 Å². The fourth-order valence-corrected chi connectivity index (χ4v) is 3.31. The normalized spacial score (nSPS) is 10.6. The Labute approximate surface area is 216 Å². The van der Waals surface area contributed by atoms with E-state index in [2.05, 4.69) is 9.97 Å². The third-order valence-corrected chi connectivity index (χ3v) is 5.37. The van der Waals surface area contributed by atoms with Crippen molar-refractivity contribution < 1.29 is 38.9 Å². The first kappa shape index (κ1) is 25.7. The van der Waals surface area contributed by atoms with Gasteiger partial charge in [-0.25, -0.2) is 0 Å². The lowest BCUT2D eigenvalue weighted by molar-refractivity contribution is -0.150. The largest absolute Gasteiger partial charge is 0.507 e. The van der Waals surface area contributed by atoms with E-state index < -0.39 is 40.9 Å². The molecule has 10 nitrogen and oxygen atoms in total. The Hall–Kier alpha value is -5.38. The maximum absolute atomic E-state index is 12.5. The van der Waals surface area contributed by atoms with Crippen molar-refractivity contribution in [3.05, 3.63) is 108 Å². The molecule has 4 rings (SSSR count). The molecule has 4 aromatic rings. The topological polar surface area (TPSA) is 153 Å². The highest BCUT2D eigenvalue weighted by Crippen LogP contribution is 2.28. The summed E-state index contributed by atoms with van der Waals surface area (Å²) in [6.45, 7) is 1.25. The number of aromatic nitrogens is 2. The molecular weight excluding hydrogens is 492 g/mol. The monoisotopic (exact) mass is 512 g/mol. The zero-order valence-electron chi connectivity index (χ0n) is 19.9. The molecule has 38 heavy (non-hydrogen) atoms. The molecule has 0 saturated heterocycles. The van der Waals surface area contributed by atoms with Gasteiger partial charge in [-0.1, -0.05) is 12.1 Å². The fraction of sp³-hybridized carbons (Fsp3) is 0.0714. The first-order chi connectivity index (χ1) is 18.2. The lowest BCUT2D eigenvalue weighted by Crippen LogP contribution is -2.29. The average Bonchev–Trinajstić information content (AvgIpc) is 2.93. The minimum absolute atomic E-state index is 0.0410. The van der Waals surface area contributed by atoms with E-state index in [0.717, 1.165) is 12.1 Å². The number of pyridine rings is 2. The number of benzene rings is 2. The van der Waals surface area contributed by atoms with E-state index in [9.17, 15) is 29.4 Å². The lowest BCUT2D eigenvalue weighted by atomic mass is 10.1. The number of carbonyl (C=O) groups is 4. The lowest BCUT2D eigenvalue weighted by Gasteiger charge is -2.12. The number of nitrogens with zero attached hydrogens (tertiary/aromatic N) is 2. The molecule has 2 aromatic heterocycles. The van der Waals surface area contributed by atoms with E-state index in [0.29, 0.717) is 0 Å². The van der Waals surface area contributed by atoms with Gasteiger partial charge in [-0.2, -0.15) is 0 Å². The van der Waals surface area contributed by atoms with E-state index in [-0.39, 0.29) is 34.0 Å². The van der Waals surface area contributed by atoms with Gasteiger partial charge in [0.25, 0.3) is 0 Å². The highest BCUT2D eigenvalue weighted by molar-refractivity contribution is 6.10. The number of phenols is 2. The van der Waals surface area contributed by atoms with Gasteiger partial charge in [0.15, 0.2) is 5.92 Å². The van der Waals surface area contributed by atoms with Crippen LogP contribution < -0.4 is 9.47 Å². The molecule has 2 N–H and O–H groups in total. The Balaban J connectivity index is 1.39. The summed E-state index contributed by atoms with van der Waals surface area (Å²) in [6, 6.07) is 16.8. The van der Waals surface area contributed by atoms with Crippen molar-refractivity contribution in [2.24, 2.45) is 5.92 Å². The minimum Gasteiger partial charge on any atom is -0.507 e. The number of aromatic hydroxyl groups is 2. The quantitative estimate of drug-likeness (QED) is 0.155. The maximum atomic E-state index is 12.5. The number of ketones is 2. The Morgan fingerprint density at radius 2 is 1.08 bits per heavy atom. The van der Waals surface area contributed by atoms with Crippen LogP contribution in [0.5, 0.6) is 23.0 Å². The van der Waals surface area contributed by atoms with Crippen molar-refractivity contribution in [2.45, 2.75) is 6.92 Å². The molecule has 0 atom stereocenters. The Bertz CT molecular complexity index is 1410. The molecule has 0 fully saturated rings. The minimum atomic E-state index is -1.39. The summed E-state index contributed by atoms with van der Waals surface area (Å²) in [5.41, 5.74) is 0.176.